The van der Waals surface area contributed by atoms with Crippen LogP contribution in [0.3, 0.4) is 0 Å². The minimum absolute atomic E-state index is 0.0202. The van der Waals surface area contributed by atoms with Gasteiger partial charge in [-0.15, -0.1) is 0 Å². The van der Waals surface area contributed by atoms with Crippen LogP contribution in [0.1, 0.15) is 29.5 Å². The Morgan fingerprint density at radius 3 is 2.12 bits per heavy atom. The molecule has 2 amide bonds. The average molecular weight is 456 g/mol. The Bertz CT molecular complexity index is 1060. The van der Waals surface area contributed by atoms with Crippen LogP contribution in [0.5, 0.6) is 0 Å². The molecule has 0 aromatic heterocycles. The highest BCUT2D eigenvalue weighted by atomic mass is 32.2. The summed E-state index contributed by atoms with van der Waals surface area (Å²) < 4.78 is 27.1. The number of hydrogen-bond acceptors (Lipinski definition) is 4. The molecule has 0 radical (unpaired) electrons. The predicted octanol–water partition coefficient (Wildman–Crippen LogP) is 2.16. The molecule has 0 aliphatic carbocycles. The standard InChI is InChI=1S/C24H29N3O4S/c1-19-7-9-20(10-8-19)17-25-15-16-27(24(29)23(25)28)22-11-13-26(14-12-22)32(30,31)18-21-5-3-2-4-6-21/h2-10,22H,11-18H2,1H3. The van der Waals surface area contributed by atoms with Crippen LogP contribution < -0.4 is 0 Å². The highest BCUT2D eigenvalue weighted by Crippen LogP contribution is 2.23. The van der Waals surface area contributed by atoms with Crippen LogP contribution >= 0.6 is 0 Å². The summed E-state index contributed by atoms with van der Waals surface area (Å²) in [4.78, 5) is 28.8. The quantitative estimate of drug-likeness (QED) is 0.626. The lowest BCUT2D eigenvalue weighted by atomic mass is 10.0. The first kappa shape index (κ1) is 22.5. The van der Waals surface area contributed by atoms with Gasteiger partial charge in [-0.3, -0.25) is 9.59 Å². The number of carbonyl (C=O) groups is 2. The van der Waals surface area contributed by atoms with Crippen LogP contribution in [-0.2, 0) is 31.9 Å². The van der Waals surface area contributed by atoms with E-state index < -0.39 is 21.8 Å². The molecular weight excluding hydrogens is 426 g/mol. The van der Waals surface area contributed by atoms with Crippen molar-refractivity contribution in [3.8, 4) is 0 Å². The summed E-state index contributed by atoms with van der Waals surface area (Å²) in [5, 5.41) is 0. The largest absolute Gasteiger partial charge is 0.330 e. The summed E-state index contributed by atoms with van der Waals surface area (Å²) in [5.41, 5.74) is 2.92. The molecule has 2 aromatic carbocycles. The van der Waals surface area contributed by atoms with Crippen molar-refractivity contribution in [2.45, 2.75) is 38.1 Å². The van der Waals surface area contributed by atoms with Gasteiger partial charge in [-0.2, -0.15) is 0 Å². The Morgan fingerprint density at radius 2 is 1.47 bits per heavy atom. The van der Waals surface area contributed by atoms with Crippen molar-refractivity contribution in [2.75, 3.05) is 26.2 Å². The maximum absolute atomic E-state index is 12.8. The van der Waals surface area contributed by atoms with E-state index in [1.54, 1.807) is 9.80 Å². The number of hydrogen-bond donors (Lipinski definition) is 0. The summed E-state index contributed by atoms with van der Waals surface area (Å²) in [6.45, 7) is 4.14. The van der Waals surface area contributed by atoms with Gasteiger partial charge in [0, 0.05) is 38.8 Å². The number of aryl methyl sites for hydroxylation is 1. The van der Waals surface area contributed by atoms with Crippen molar-refractivity contribution in [3.63, 3.8) is 0 Å². The van der Waals surface area contributed by atoms with Gasteiger partial charge < -0.3 is 9.80 Å². The molecule has 2 saturated heterocycles. The second-order valence-electron chi connectivity index (χ2n) is 8.58. The first-order chi connectivity index (χ1) is 15.3. The molecule has 4 rings (SSSR count). The fraction of sp³-hybridized carbons (Fsp3) is 0.417. The Labute approximate surface area is 189 Å². The van der Waals surface area contributed by atoms with E-state index >= 15 is 0 Å². The molecule has 170 valence electrons. The highest BCUT2D eigenvalue weighted by molar-refractivity contribution is 7.88. The molecule has 0 N–H and O–H groups in total. The average Bonchev–Trinajstić information content (AvgIpc) is 2.79. The van der Waals surface area contributed by atoms with Crippen LogP contribution in [0.4, 0.5) is 0 Å². The van der Waals surface area contributed by atoms with Gasteiger partial charge in [-0.25, -0.2) is 12.7 Å². The Balaban J connectivity index is 1.32. The van der Waals surface area contributed by atoms with E-state index in [0.29, 0.717) is 45.6 Å². The summed E-state index contributed by atoms with van der Waals surface area (Å²) >= 11 is 0. The van der Waals surface area contributed by atoms with Crippen molar-refractivity contribution in [1.29, 1.82) is 0 Å². The SMILES string of the molecule is Cc1ccc(CN2CCN(C3CCN(S(=O)(=O)Cc4ccccc4)CC3)C(=O)C2=O)cc1. The zero-order valence-corrected chi connectivity index (χ0v) is 19.1. The van der Waals surface area contributed by atoms with Gasteiger partial charge in [0.2, 0.25) is 10.0 Å². The Hall–Kier alpha value is -2.71. The number of amides is 2. The monoisotopic (exact) mass is 455 g/mol. The van der Waals surface area contributed by atoms with Crippen molar-refractivity contribution < 1.29 is 18.0 Å². The molecular formula is C24H29N3O4S. The zero-order chi connectivity index (χ0) is 22.7. The van der Waals surface area contributed by atoms with E-state index in [1.807, 2.05) is 61.5 Å². The Morgan fingerprint density at radius 1 is 0.812 bits per heavy atom. The van der Waals surface area contributed by atoms with E-state index in [9.17, 15) is 18.0 Å². The lowest BCUT2D eigenvalue weighted by Gasteiger charge is -2.41. The fourth-order valence-electron chi connectivity index (χ4n) is 4.41. The maximum atomic E-state index is 12.8. The Kier molecular flexibility index (Phi) is 6.62. The van der Waals surface area contributed by atoms with Gasteiger partial charge in [0.25, 0.3) is 0 Å². The molecule has 2 aliphatic rings. The normalized spacial score (nSPS) is 18.9. The first-order valence-electron chi connectivity index (χ1n) is 11.0. The van der Waals surface area contributed by atoms with Crippen LogP contribution in [-0.4, -0.2) is 66.6 Å². The van der Waals surface area contributed by atoms with Gasteiger partial charge in [0.15, 0.2) is 0 Å². The number of rotatable bonds is 6. The van der Waals surface area contributed by atoms with Crippen molar-refractivity contribution in [1.82, 2.24) is 14.1 Å². The number of piperidine rings is 1. The highest BCUT2D eigenvalue weighted by Gasteiger charge is 2.38. The van der Waals surface area contributed by atoms with Gasteiger partial charge in [0.1, 0.15) is 0 Å². The lowest BCUT2D eigenvalue weighted by Crippen LogP contribution is -2.59. The molecule has 0 spiro atoms. The molecule has 8 heteroatoms. The summed E-state index contributed by atoms with van der Waals surface area (Å²) in [7, 11) is -3.41. The van der Waals surface area contributed by atoms with Crippen LogP contribution in [0.2, 0.25) is 0 Å². The van der Waals surface area contributed by atoms with E-state index in [0.717, 1.165) is 16.7 Å². The molecule has 0 unspecified atom stereocenters. The number of nitrogens with zero attached hydrogens (tertiary/aromatic N) is 3. The number of piperazine rings is 1. The summed E-state index contributed by atoms with van der Waals surface area (Å²) in [6.07, 6.45) is 1.09. The fourth-order valence-corrected chi connectivity index (χ4v) is 5.97. The van der Waals surface area contributed by atoms with E-state index in [1.165, 1.54) is 4.31 Å². The van der Waals surface area contributed by atoms with Crippen molar-refractivity contribution in [2.24, 2.45) is 0 Å². The van der Waals surface area contributed by atoms with Crippen LogP contribution in [0, 0.1) is 6.92 Å². The smallest absolute Gasteiger partial charge is 0.312 e. The second kappa shape index (κ2) is 9.42. The second-order valence-corrected chi connectivity index (χ2v) is 10.6. The third kappa shape index (κ3) is 5.02. The van der Waals surface area contributed by atoms with E-state index in [4.69, 9.17) is 0 Å². The van der Waals surface area contributed by atoms with Crippen molar-refractivity contribution in [3.05, 3.63) is 71.3 Å². The number of benzene rings is 2. The molecule has 0 bridgehead atoms. The topological polar surface area (TPSA) is 78.0 Å². The molecule has 7 nitrogen and oxygen atoms in total. The molecule has 2 fully saturated rings. The minimum Gasteiger partial charge on any atom is -0.330 e. The van der Waals surface area contributed by atoms with Gasteiger partial charge in [-0.1, -0.05) is 60.2 Å². The molecule has 0 saturated carbocycles. The summed E-state index contributed by atoms with van der Waals surface area (Å²) in [5.74, 6) is -0.974. The van der Waals surface area contributed by atoms with Crippen LogP contribution in [0.25, 0.3) is 0 Å². The van der Waals surface area contributed by atoms with Crippen LogP contribution in [0.15, 0.2) is 54.6 Å². The summed E-state index contributed by atoms with van der Waals surface area (Å²) in [6, 6.07) is 17.0. The zero-order valence-electron chi connectivity index (χ0n) is 18.3. The molecule has 32 heavy (non-hydrogen) atoms. The van der Waals surface area contributed by atoms with Gasteiger partial charge in [-0.05, 0) is 30.9 Å². The van der Waals surface area contributed by atoms with Gasteiger partial charge >= 0.3 is 11.8 Å². The maximum Gasteiger partial charge on any atom is 0.312 e. The lowest BCUT2D eigenvalue weighted by molar-refractivity contribution is -0.158. The molecule has 0 atom stereocenters. The van der Waals surface area contributed by atoms with E-state index in [-0.39, 0.29) is 11.8 Å². The van der Waals surface area contributed by atoms with E-state index in [2.05, 4.69) is 0 Å². The predicted molar refractivity (Wildman–Crippen MR) is 122 cm³/mol. The van der Waals surface area contributed by atoms with Crippen molar-refractivity contribution >= 4 is 21.8 Å². The third-order valence-corrected chi connectivity index (χ3v) is 8.14. The molecule has 2 aliphatic heterocycles. The molecule has 2 aromatic rings. The first-order valence-corrected chi connectivity index (χ1v) is 12.6. The third-order valence-electron chi connectivity index (χ3n) is 6.29. The number of sulfonamides is 1. The number of carbonyl (C=O) groups excluding carboxylic acids is 2. The minimum atomic E-state index is -3.41. The van der Waals surface area contributed by atoms with Gasteiger partial charge in [0.05, 0.1) is 5.75 Å². The molecule has 2 heterocycles.